The summed E-state index contributed by atoms with van der Waals surface area (Å²) in [4.78, 5) is 13.0. The van der Waals surface area contributed by atoms with Crippen LogP contribution in [0.3, 0.4) is 0 Å². The number of nitrogens with one attached hydrogen (secondary N) is 2. The maximum atomic E-state index is 11.7. The fourth-order valence-corrected chi connectivity index (χ4v) is 4.46. The second-order valence-corrected chi connectivity index (χ2v) is 10.8. The van der Waals surface area contributed by atoms with E-state index in [1.807, 2.05) is 18.2 Å². The molecule has 0 amide bonds. The quantitative estimate of drug-likeness (QED) is 0.442. The van der Waals surface area contributed by atoms with Crippen LogP contribution in [0, 0.1) is 11.8 Å². The molecule has 0 saturated carbocycles. The number of benzene rings is 1. The Morgan fingerprint density at radius 2 is 1.67 bits per heavy atom. The summed E-state index contributed by atoms with van der Waals surface area (Å²) in [5, 5.41) is 13.3. The fraction of sp³-hybridized carbons (Fsp3) is 0.550. The van der Waals surface area contributed by atoms with Gasteiger partial charge in [0.25, 0.3) is 0 Å². The van der Waals surface area contributed by atoms with Gasteiger partial charge < -0.3 is 10.4 Å². The molecule has 0 aliphatic heterocycles. The first kappa shape index (κ1) is 24.4. The van der Waals surface area contributed by atoms with Crippen molar-refractivity contribution in [1.29, 1.82) is 0 Å². The molecule has 0 saturated heterocycles. The zero-order chi connectivity index (χ0) is 22.3. The first-order chi connectivity index (χ1) is 14.1. The second-order valence-electron chi connectivity index (χ2n) is 7.99. The molecule has 30 heavy (non-hydrogen) atoms. The molecule has 2 rings (SSSR count). The number of hydrogen-bond acceptors (Lipinski definition) is 8. The summed E-state index contributed by atoms with van der Waals surface area (Å²) in [5.74, 6) is 0.841. The predicted molar refractivity (Wildman–Crippen MR) is 122 cm³/mol. The van der Waals surface area contributed by atoms with Crippen molar-refractivity contribution in [2.45, 2.75) is 50.6 Å². The number of hydrogen-bond donors (Lipinski definition) is 3. The van der Waals surface area contributed by atoms with Crippen molar-refractivity contribution in [3.63, 3.8) is 0 Å². The lowest BCUT2D eigenvalue weighted by molar-refractivity contribution is 0.259. The Morgan fingerprint density at radius 1 is 1.03 bits per heavy atom. The van der Waals surface area contributed by atoms with E-state index in [0.29, 0.717) is 17.0 Å². The van der Waals surface area contributed by atoms with Crippen LogP contribution in [0.25, 0.3) is 0 Å². The van der Waals surface area contributed by atoms with Crippen LogP contribution >= 0.6 is 11.8 Å². The molecular weight excluding hydrogens is 422 g/mol. The first-order valence-corrected chi connectivity index (χ1v) is 12.7. The monoisotopic (exact) mass is 453 g/mol. The fourth-order valence-electron chi connectivity index (χ4n) is 2.96. The van der Waals surface area contributed by atoms with Crippen molar-refractivity contribution in [2.75, 3.05) is 22.9 Å². The van der Waals surface area contributed by atoms with Crippen LogP contribution in [0.2, 0.25) is 0 Å². The highest BCUT2D eigenvalue weighted by Gasteiger charge is 2.21. The number of aromatic nitrogens is 3. The van der Waals surface area contributed by atoms with Gasteiger partial charge in [-0.15, -0.1) is 0 Å². The van der Waals surface area contributed by atoms with Gasteiger partial charge in [0.1, 0.15) is 0 Å². The molecule has 10 heteroatoms. The van der Waals surface area contributed by atoms with Crippen molar-refractivity contribution in [2.24, 2.45) is 11.8 Å². The predicted octanol–water partition coefficient (Wildman–Crippen LogP) is 3.55. The second kappa shape index (κ2) is 10.9. The Balaban J connectivity index is 2.37. The highest BCUT2D eigenvalue weighted by molar-refractivity contribution is 7.99. The molecule has 0 aliphatic carbocycles. The smallest absolute Gasteiger partial charge is 0.242 e. The average molecular weight is 454 g/mol. The Bertz CT molecular complexity index is 908. The summed E-state index contributed by atoms with van der Waals surface area (Å²) in [6, 6.07) is 9.80. The van der Waals surface area contributed by atoms with E-state index in [9.17, 15) is 13.5 Å². The minimum absolute atomic E-state index is 0.0469. The summed E-state index contributed by atoms with van der Waals surface area (Å²) in [5.41, 5.74) is 1.14. The van der Waals surface area contributed by atoms with Crippen molar-refractivity contribution in [3.05, 3.63) is 35.9 Å². The molecule has 2 aromatic rings. The molecule has 8 nitrogen and oxygen atoms in total. The van der Waals surface area contributed by atoms with Crippen LogP contribution in [-0.4, -0.2) is 47.4 Å². The minimum Gasteiger partial charge on any atom is -0.394 e. The molecule has 1 heterocycles. The summed E-state index contributed by atoms with van der Waals surface area (Å²) >= 11 is 1.45. The standard InChI is InChI=1S/C20H31N5O3S2/c1-13(2)11-16(12-26)21-18-22-19(25-30(5,27)28)24-20(23-18)29-17(14(3)4)15-9-7-6-8-10-15/h6-10,13-14,16-17,26H,11-12H2,1-5H3,(H2,21,22,23,24,25)/t16-,17?/m1/s1. The first-order valence-electron chi connectivity index (χ1n) is 9.90. The van der Waals surface area contributed by atoms with E-state index in [4.69, 9.17) is 0 Å². The van der Waals surface area contributed by atoms with E-state index in [2.05, 4.69) is 64.8 Å². The van der Waals surface area contributed by atoms with E-state index in [-0.39, 0.29) is 29.8 Å². The molecule has 166 valence electrons. The lowest BCUT2D eigenvalue weighted by Gasteiger charge is -2.21. The Hall–Kier alpha value is -1.91. The third kappa shape index (κ3) is 8.08. The number of aliphatic hydroxyl groups excluding tert-OH is 1. The number of thioether (sulfide) groups is 1. The van der Waals surface area contributed by atoms with Crippen LogP contribution in [0.1, 0.15) is 44.9 Å². The molecule has 0 fully saturated rings. The van der Waals surface area contributed by atoms with Gasteiger partial charge in [-0.05, 0) is 23.8 Å². The third-order valence-corrected chi connectivity index (χ3v) is 6.18. The van der Waals surface area contributed by atoms with E-state index >= 15 is 0 Å². The topological polar surface area (TPSA) is 117 Å². The molecule has 1 aromatic heterocycles. The van der Waals surface area contributed by atoms with Gasteiger partial charge in [-0.25, -0.2) is 8.42 Å². The highest BCUT2D eigenvalue weighted by atomic mass is 32.2. The van der Waals surface area contributed by atoms with Gasteiger partial charge in [-0.1, -0.05) is 69.8 Å². The Kier molecular flexibility index (Phi) is 8.87. The van der Waals surface area contributed by atoms with Crippen LogP contribution in [0.15, 0.2) is 35.5 Å². The number of sulfonamides is 1. The van der Waals surface area contributed by atoms with Crippen LogP contribution in [0.5, 0.6) is 0 Å². The van der Waals surface area contributed by atoms with Crippen LogP contribution < -0.4 is 10.0 Å². The molecule has 1 unspecified atom stereocenters. The largest absolute Gasteiger partial charge is 0.394 e. The number of aliphatic hydroxyl groups is 1. The van der Waals surface area contributed by atoms with E-state index < -0.39 is 10.0 Å². The molecule has 1 aromatic carbocycles. The van der Waals surface area contributed by atoms with Crippen molar-refractivity contribution < 1.29 is 13.5 Å². The van der Waals surface area contributed by atoms with Gasteiger partial charge in [0, 0.05) is 5.25 Å². The van der Waals surface area contributed by atoms with Gasteiger partial charge in [0.15, 0.2) is 5.16 Å². The maximum Gasteiger partial charge on any atom is 0.242 e. The number of anilines is 2. The minimum atomic E-state index is -3.55. The summed E-state index contributed by atoms with van der Waals surface area (Å²) < 4.78 is 25.8. The molecule has 0 aliphatic rings. The van der Waals surface area contributed by atoms with Gasteiger partial charge in [0.2, 0.25) is 21.9 Å². The zero-order valence-corrected chi connectivity index (χ0v) is 19.7. The number of rotatable bonds is 11. The Labute approximate surface area is 183 Å². The summed E-state index contributed by atoms with van der Waals surface area (Å²) in [6.45, 7) is 8.27. The molecule has 0 radical (unpaired) electrons. The molecule has 2 atom stereocenters. The molecule has 0 spiro atoms. The maximum absolute atomic E-state index is 11.7. The van der Waals surface area contributed by atoms with E-state index in [1.54, 1.807) is 0 Å². The SMILES string of the molecule is CC(C)C[C@H](CO)Nc1nc(NS(C)(=O)=O)nc(SC(c2ccccc2)C(C)C)n1. The van der Waals surface area contributed by atoms with E-state index in [0.717, 1.165) is 18.2 Å². The zero-order valence-electron chi connectivity index (χ0n) is 18.0. The Morgan fingerprint density at radius 3 is 2.20 bits per heavy atom. The normalized spacial score (nSPS) is 14.0. The van der Waals surface area contributed by atoms with Gasteiger partial charge in [0.05, 0.1) is 18.9 Å². The number of nitrogens with zero attached hydrogens (tertiary/aromatic N) is 3. The van der Waals surface area contributed by atoms with Crippen LogP contribution in [-0.2, 0) is 10.0 Å². The lowest BCUT2D eigenvalue weighted by atomic mass is 10.0. The average Bonchev–Trinajstić information content (AvgIpc) is 2.64. The van der Waals surface area contributed by atoms with Gasteiger partial charge >= 0.3 is 0 Å². The molecule has 0 bridgehead atoms. The van der Waals surface area contributed by atoms with Crippen molar-refractivity contribution in [1.82, 2.24) is 15.0 Å². The van der Waals surface area contributed by atoms with E-state index in [1.165, 1.54) is 11.8 Å². The summed E-state index contributed by atoms with van der Waals surface area (Å²) in [7, 11) is -3.55. The van der Waals surface area contributed by atoms with Crippen molar-refractivity contribution >= 4 is 33.7 Å². The highest BCUT2D eigenvalue weighted by Crippen LogP contribution is 2.39. The van der Waals surface area contributed by atoms with Gasteiger partial charge in [-0.3, -0.25) is 4.72 Å². The van der Waals surface area contributed by atoms with Crippen LogP contribution in [0.4, 0.5) is 11.9 Å². The third-order valence-electron chi connectivity index (χ3n) is 4.17. The molecular formula is C20H31N5O3S2. The van der Waals surface area contributed by atoms with Crippen molar-refractivity contribution in [3.8, 4) is 0 Å². The lowest BCUT2D eigenvalue weighted by Crippen LogP contribution is -2.27. The van der Waals surface area contributed by atoms with Gasteiger partial charge in [-0.2, -0.15) is 15.0 Å². The summed E-state index contributed by atoms with van der Waals surface area (Å²) in [6.07, 6.45) is 1.77. The molecule has 3 N–H and O–H groups in total.